The van der Waals surface area contributed by atoms with Gasteiger partial charge < -0.3 is 14.7 Å². The van der Waals surface area contributed by atoms with Gasteiger partial charge in [-0.25, -0.2) is 0 Å². The monoisotopic (exact) mass is 694 g/mol. The summed E-state index contributed by atoms with van der Waals surface area (Å²) in [6, 6.07) is 46.0. The molecule has 274 valence electrons. The molecular weight excluding hydrogens is 631 g/mol. The first-order chi connectivity index (χ1) is 25.4. The number of aryl methyl sites for hydroxylation is 2. The van der Waals surface area contributed by atoms with Gasteiger partial charge in [-0.2, -0.15) is 0 Å². The van der Waals surface area contributed by atoms with Crippen LogP contribution < -0.4 is 14.7 Å². The minimum absolute atomic E-state index is 0.129. The molecule has 3 heteroatoms. The van der Waals surface area contributed by atoms with Gasteiger partial charge in [0.2, 0.25) is 0 Å². The van der Waals surface area contributed by atoms with Crippen molar-refractivity contribution < 1.29 is 0 Å². The smallest absolute Gasteiger partial charge is 0.0461 e. The lowest BCUT2D eigenvalue weighted by molar-refractivity contribution is 0.677. The van der Waals surface area contributed by atoms with E-state index >= 15 is 0 Å². The topological polar surface area (TPSA) is 9.72 Å². The van der Waals surface area contributed by atoms with Gasteiger partial charge in [0.1, 0.15) is 0 Å². The zero-order valence-electron chi connectivity index (χ0n) is 33.0. The van der Waals surface area contributed by atoms with E-state index in [1.807, 2.05) is 0 Å². The molecule has 5 aromatic rings. The first-order valence-corrected chi connectivity index (χ1v) is 20.2. The number of unbranched alkanes of at least 4 members (excludes halogenated alkanes) is 4. The lowest BCUT2D eigenvalue weighted by atomic mass is 9.84. The van der Waals surface area contributed by atoms with Crippen LogP contribution in [0.25, 0.3) is 0 Å². The molecule has 0 amide bonds. The molecule has 0 N–H and O–H groups in total. The minimum Gasteiger partial charge on any atom is -0.372 e. The molecule has 0 saturated carbocycles. The molecule has 0 unspecified atom stereocenters. The SMILES string of the molecule is CCCCN(CCCC)c1ccc(C(c2ccc(N(CCCC)CCCC)cc2)c2ccc(N(c3ccc(C)cc3)c3ccc(C)cc3)cc2)cc1. The first kappa shape index (κ1) is 38.7. The summed E-state index contributed by atoms with van der Waals surface area (Å²) in [7, 11) is 0. The Labute approximate surface area is 316 Å². The molecule has 3 nitrogen and oxygen atoms in total. The lowest BCUT2D eigenvalue weighted by Gasteiger charge is -2.28. The van der Waals surface area contributed by atoms with E-state index in [4.69, 9.17) is 0 Å². The quantitative estimate of drug-likeness (QED) is 0.0751. The van der Waals surface area contributed by atoms with Crippen molar-refractivity contribution >= 4 is 28.4 Å². The van der Waals surface area contributed by atoms with Crippen molar-refractivity contribution in [2.45, 2.75) is 98.8 Å². The van der Waals surface area contributed by atoms with Crippen LogP contribution in [-0.2, 0) is 0 Å². The molecule has 0 saturated heterocycles. The van der Waals surface area contributed by atoms with Gasteiger partial charge >= 0.3 is 0 Å². The van der Waals surface area contributed by atoms with Crippen molar-refractivity contribution in [1.82, 2.24) is 0 Å². The second-order valence-electron chi connectivity index (χ2n) is 14.6. The molecule has 0 aromatic heterocycles. The third-order valence-electron chi connectivity index (χ3n) is 10.4. The van der Waals surface area contributed by atoms with Crippen LogP contribution in [0.2, 0.25) is 0 Å². The summed E-state index contributed by atoms with van der Waals surface area (Å²) in [5.41, 5.74) is 12.7. The molecule has 0 bridgehead atoms. The molecule has 0 radical (unpaired) electrons. The highest BCUT2D eigenvalue weighted by molar-refractivity contribution is 5.77. The van der Waals surface area contributed by atoms with Crippen LogP contribution in [0, 0.1) is 13.8 Å². The molecule has 0 spiro atoms. The van der Waals surface area contributed by atoms with Crippen LogP contribution in [0.15, 0.2) is 121 Å². The summed E-state index contributed by atoms with van der Waals surface area (Å²) >= 11 is 0. The summed E-state index contributed by atoms with van der Waals surface area (Å²) in [5.74, 6) is 0.129. The van der Waals surface area contributed by atoms with Gasteiger partial charge in [-0.05, 0) is 117 Å². The van der Waals surface area contributed by atoms with Crippen LogP contribution in [0.5, 0.6) is 0 Å². The van der Waals surface area contributed by atoms with Crippen molar-refractivity contribution in [3.8, 4) is 0 Å². The van der Waals surface area contributed by atoms with Crippen LogP contribution in [0.3, 0.4) is 0 Å². The van der Waals surface area contributed by atoms with Gasteiger partial charge in [-0.15, -0.1) is 0 Å². The van der Waals surface area contributed by atoms with Crippen LogP contribution in [0.1, 0.15) is 113 Å². The largest absolute Gasteiger partial charge is 0.372 e. The number of hydrogen-bond donors (Lipinski definition) is 0. The number of benzene rings is 5. The first-order valence-electron chi connectivity index (χ1n) is 20.2. The fourth-order valence-corrected chi connectivity index (χ4v) is 7.12. The highest BCUT2D eigenvalue weighted by Gasteiger charge is 2.20. The fourth-order valence-electron chi connectivity index (χ4n) is 7.12. The summed E-state index contributed by atoms with van der Waals surface area (Å²) in [6.45, 7) is 17.9. The van der Waals surface area contributed by atoms with E-state index in [0.29, 0.717) is 0 Å². The molecule has 0 aliphatic carbocycles. The molecule has 5 aromatic carbocycles. The van der Waals surface area contributed by atoms with Crippen molar-refractivity contribution in [3.05, 3.63) is 149 Å². The van der Waals surface area contributed by atoms with E-state index in [2.05, 4.69) is 178 Å². The summed E-state index contributed by atoms with van der Waals surface area (Å²) < 4.78 is 0. The van der Waals surface area contributed by atoms with E-state index in [1.54, 1.807) is 0 Å². The maximum absolute atomic E-state index is 2.58. The Morgan fingerprint density at radius 3 is 0.865 bits per heavy atom. The highest BCUT2D eigenvalue weighted by atomic mass is 15.1. The lowest BCUT2D eigenvalue weighted by Crippen LogP contribution is -2.25. The van der Waals surface area contributed by atoms with Crippen LogP contribution >= 0.6 is 0 Å². The van der Waals surface area contributed by atoms with E-state index in [9.17, 15) is 0 Å². The van der Waals surface area contributed by atoms with E-state index in [1.165, 1.54) is 90.6 Å². The normalized spacial score (nSPS) is 11.2. The minimum atomic E-state index is 0.129. The Balaban J connectivity index is 1.53. The average molecular weight is 694 g/mol. The van der Waals surface area contributed by atoms with Gasteiger partial charge in [0, 0.05) is 60.5 Å². The second kappa shape index (κ2) is 19.9. The summed E-state index contributed by atoms with van der Waals surface area (Å²) in [4.78, 5) is 7.53. The van der Waals surface area contributed by atoms with Crippen molar-refractivity contribution in [2.24, 2.45) is 0 Å². The molecular formula is C49H63N3. The number of anilines is 5. The van der Waals surface area contributed by atoms with E-state index in [0.717, 1.165) is 43.2 Å². The Bertz CT molecular complexity index is 1600. The maximum Gasteiger partial charge on any atom is 0.0461 e. The molecule has 5 rings (SSSR count). The fraction of sp³-hybridized carbons (Fsp3) is 0.388. The van der Waals surface area contributed by atoms with Gasteiger partial charge in [-0.3, -0.25) is 0 Å². The molecule has 0 aliphatic rings. The molecule has 0 heterocycles. The number of rotatable bonds is 20. The number of hydrogen-bond acceptors (Lipinski definition) is 3. The highest BCUT2D eigenvalue weighted by Crippen LogP contribution is 2.38. The van der Waals surface area contributed by atoms with Crippen molar-refractivity contribution in [1.29, 1.82) is 0 Å². The molecule has 0 fully saturated rings. The second-order valence-corrected chi connectivity index (χ2v) is 14.6. The van der Waals surface area contributed by atoms with Crippen LogP contribution in [0.4, 0.5) is 28.4 Å². The summed E-state index contributed by atoms with van der Waals surface area (Å²) in [6.07, 6.45) is 9.77. The van der Waals surface area contributed by atoms with Crippen molar-refractivity contribution in [2.75, 3.05) is 40.9 Å². The predicted octanol–water partition coefficient (Wildman–Crippen LogP) is 13.8. The maximum atomic E-state index is 2.58. The van der Waals surface area contributed by atoms with E-state index in [-0.39, 0.29) is 5.92 Å². The third-order valence-corrected chi connectivity index (χ3v) is 10.4. The number of nitrogens with zero attached hydrogens (tertiary/aromatic N) is 3. The Morgan fingerprint density at radius 1 is 0.346 bits per heavy atom. The third kappa shape index (κ3) is 10.3. The van der Waals surface area contributed by atoms with Gasteiger partial charge in [0.25, 0.3) is 0 Å². The molecule has 0 aliphatic heterocycles. The average Bonchev–Trinajstić information content (AvgIpc) is 3.18. The van der Waals surface area contributed by atoms with Crippen LogP contribution in [-0.4, -0.2) is 26.2 Å². The summed E-state index contributed by atoms with van der Waals surface area (Å²) in [5, 5.41) is 0. The molecule has 52 heavy (non-hydrogen) atoms. The Morgan fingerprint density at radius 2 is 0.596 bits per heavy atom. The van der Waals surface area contributed by atoms with Gasteiger partial charge in [0.15, 0.2) is 0 Å². The standard InChI is InChI=1S/C49H63N3/c1-7-11-35-50(36-12-8-2)44-29-19-41(20-30-44)49(42-21-31-45(32-22-42)51(37-13-9-3)38-14-10-4)43-23-33-48(34-24-43)52(46-25-15-39(5)16-26-46)47-27-17-40(6)18-28-47/h15-34,49H,7-14,35-38H2,1-6H3. The van der Waals surface area contributed by atoms with Gasteiger partial charge in [0.05, 0.1) is 0 Å². The van der Waals surface area contributed by atoms with Crippen molar-refractivity contribution in [3.63, 3.8) is 0 Å². The Hall–Kier alpha value is -4.50. The van der Waals surface area contributed by atoms with Gasteiger partial charge in [-0.1, -0.05) is 125 Å². The van der Waals surface area contributed by atoms with E-state index < -0.39 is 0 Å². The zero-order valence-corrected chi connectivity index (χ0v) is 33.0. The zero-order chi connectivity index (χ0) is 36.7. The molecule has 0 atom stereocenters. The Kier molecular flexibility index (Phi) is 14.8. The predicted molar refractivity (Wildman–Crippen MR) is 228 cm³/mol.